The van der Waals surface area contributed by atoms with Crippen LogP contribution < -0.4 is 15.4 Å². The van der Waals surface area contributed by atoms with E-state index < -0.39 is 0 Å². The van der Waals surface area contributed by atoms with Crippen LogP contribution >= 0.6 is 0 Å². The van der Waals surface area contributed by atoms with Crippen molar-refractivity contribution < 1.29 is 14.3 Å². The minimum Gasteiger partial charge on any atom is -0.484 e. The first-order chi connectivity index (χ1) is 11.7. The maximum atomic E-state index is 12.4. The zero-order valence-electron chi connectivity index (χ0n) is 15.3. The molecule has 3 N–H and O–H groups in total. The number of aromatic nitrogens is 1. The Morgan fingerprint density at radius 3 is 2.32 bits per heavy atom. The average Bonchev–Trinajstić information content (AvgIpc) is 2.97. The molecule has 0 aliphatic carbocycles. The lowest BCUT2D eigenvalue weighted by Gasteiger charge is -2.19. The van der Waals surface area contributed by atoms with Crippen molar-refractivity contribution in [2.45, 2.75) is 39.3 Å². The van der Waals surface area contributed by atoms with Crippen molar-refractivity contribution in [3.05, 3.63) is 53.3 Å². The van der Waals surface area contributed by atoms with E-state index in [1.807, 2.05) is 58.0 Å². The highest BCUT2D eigenvalue weighted by atomic mass is 16.5. The van der Waals surface area contributed by atoms with Gasteiger partial charge in [0.15, 0.2) is 5.75 Å². The third-order valence-electron chi connectivity index (χ3n) is 3.54. The quantitative estimate of drug-likeness (QED) is 0.780. The van der Waals surface area contributed by atoms with Crippen molar-refractivity contribution in [2.75, 3.05) is 7.05 Å². The average molecular weight is 343 g/mol. The third kappa shape index (κ3) is 4.86. The smallest absolute Gasteiger partial charge is 0.271 e. The molecule has 2 rings (SSSR count). The van der Waals surface area contributed by atoms with Gasteiger partial charge in [0, 0.05) is 18.7 Å². The van der Waals surface area contributed by atoms with Crippen LogP contribution in [-0.2, 0) is 0 Å². The van der Waals surface area contributed by atoms with E-state index in [-0.39, 0.29) is 34.8 Å². The Balaban J connectivity index is 2.29. The van der Waals surface area contributed by atoms with Gasteiger partial charge in [-0.15, -0.1) is 0 Å². The summed E-state index contributed by atoms with van der Waals surface area (Å²) in [7, 11) is 1.53. The summed E-state index contributed by atoms with van der Waals surface area (Å²) in [5.74, 6) is -0.292. The third-order valence-corrected chi connectivity index (χ3v) is 3.54. The number of H-pyrrole nitrogens is 1. The van der Waals surface area contributed by atoms with Gasteiger partial charge in [-0.2, -0.15) is 0 Å². The summed E-state index contributed by atoms with van der Waals surface area (Å²) < 4.78 is 5.94. The molecular formula is C19H25N3O3. The molecule has 1 aromatic carbocycles. The molecule has 25 heavy (non-hydrogen) atoms. The Kier molecular flexibility index (Phi) is 5.51. The summed E-state index contributed by atoms with van der Waals surface area (Å²) in [4.78, 5) is 27.3. The van der Waals surface area contributed by atoms with Crippen molar-refractivity contribution in [1.29, 1.82) is 0 Å². The molecule has 0 spiro atoms. The lowest BCUT2D eigenvalue weighted by Crippen LogP contribution is -2.40. The molecule has 1 heterocycles. The minimum absolute atomic E-state index is 0.226. The van der Waals surface area contributed by atoms with Crippen LogP contribution in [0, 0.1) is 0 Å². The number of benzene rings is 1. The predicted molar refractivity (Wildman–Crippen MR) is 96.9 cm³/mol. The van der Waals surface area contributed by atoms with Crippen LogP contribution in [-0.4, -0.2) is 29.4 Å². The van der Waals surface area contributed by atoms with Crippen molar-refractivity contribution in [3.8, 4) is 5.75 Å². The van der Waals surface area contributed by atoms with Gasteiger partial charge in [0.2, 0.25) is 0 Å². The van der Waals surface area contributed by atoms with Gasteiger partial charge in [0.1, 0.15) is 17.5 Å². The molecule has 1 atom stereocenters. The largest absolute Gasteiger partial charge is 0.484 e. The van der Waals surface area contributed by atoms with E-state index in [1.165, 1.54) is 7.05 Å². The maximum Gasteiger partial charge on any atom is 0.271 e. The number of ether oxygens (including phenoxy) is 1. The molecule has 0 radical (unpaired) electrons. The molecule has 0 aliphatic heterocycles. The van der Waals surface area contributed by atoms with Crippen LogP contribution in [0.15, 0.2) is 36.4 Å². The summed E-state index contributed by atoms with van der Waals surface area (Å²) in [6.45, 7) is 7.57. The highest BCUT2D eigenvalue weighted by molar-refractivity contribution is 5.99. The first kappa shape index (κ1) is 18.6. The highest BCUT2D eigenvalue weighted by Crippen LogP contribution is 2.26. The van der Waals surface area contributed by atoms with Crippen molar-refractivity contribution in [3.63, 3.8) is 0 Å². The number of carbonyl (C=O) groups is 2. The number of carbonyl (C=O) groups excluding carboxylic acids is 2. The van der Waals surface area contributed by atoms with Gasteiger partial charge in [0.05, 0.1) is 0 Å². The normalized spacial score (nSPS) is 12.4. The summed E-state index contributed by atoms with van der Waals surface area (Å²) >= 11 is 0. The molecule has 0 aliphatic rings. The summed E-state index contributed by atoms with van der Waals surface area (Å²) in [5, 5.41) is 5.41. The summed E-state index contributed by atoms with van der Waals surface area (Å²) in [5.41, 5.74) is 1.11. The first-order valence-corrected chi connectivity index (χ1v) is 8.20. The van der Waals surface area contributed by atoms with Crippen LogP contribution in [0.4, 0.5) is 0 Å². The van der Waals surface area contributed by atoms with Crippen LogP contribution in [0.2, 0.25) is 0 Å². The van der Waals surface area contributed by atoms with Crippen LogP contribution in [0.1, 0.15) is 60.3 Å². The fraction of sp³-hybridized carbons (Fsp3) is 0.368. The van der Waals surface area contributed by atoms with Crippen LogP contribution in [0.25, 0.3) is 0 Å². The van der Waals surface area contributed by atoms with Gasteiger partial charge in [0.25, 0.3) is 11.8 Å². The molecule has 0 fully saturated rings. The molecular weight excluding hydrogens is 318 g/mol. The molecule has 6 heteroatoms. The van der Waals surface area contributed by atoms with Gasteiger partial charge in [-0.25, -0.2) is 0 Å². The number of aromatic amines is 1. The molecule has 6 nitrogen and oxygen atoms in total. The van der Waals surface area contributed by atoms with E-state index in [4.69, 9.17) is 4.74 Å². The number of amides is 2. The molecule has 2 amide bonds. The van der Waals surface area contributed by atoms with Gasteiger partial charge >= 0.3 is 0 Å². The van der Waals surface area contributed by atoms with Gasteiger partial charge in [-0.1, -0.05) is 30.3 Å². The Morgan fingerprint density at radius 1 is 1.12 bits per heavy atom. The predicted octanol–water partition coefficient (Wildman–Crippen LogP) is 3.04. The van der Waals surface area contributed by atoms with E-state index in [2.05, 4.69) is 15.6 Å². The Morgan fingerprint density at radius 2 is 1.76 bits per heavy atom. The highest BCUT2D eigenvalue weighted by Gasteiger charge is 2.23. The van der Waals surface area contributed by atoms with Gasteiger partial charge in [-0.3, -0.25) is 9.59 Å². The second kappa shape index (κ2) is 7.42. The number of rotatable bonds is 5. The fourth-order valence-corrected chi connectivity index (χ4v) is 2.34. The molecule has 1 unspecified atom stereocenters. The van der Waals surface area contributed by atoms with Crippen molar-refractivity contribution in [2.24, 2.45) is 0 Å². The number of hydrogen-bond donors (Lipinski definition) is 3. The Hall–Kier alpha value is -2.76. The molecule has 1 aromatic heterocycles. The monoisotopic (exact) mass is 343 g/mol. The lowest BCUT2D eigenvalue weighted by atomic mass is 10.1. The number of nitrogens with one attached hydrogen (secondary N) is 3. The zero-order chi connectivity index (χ0) is 18.6. The molecule has 0 saturated heterocycles. The molecule has 134 valence electrons. The Bertz CT molecular complexity index is 745. The molecule has 0 saturated carbocycles. The van der Waals surface area contributed by atoms with Crippen LogP contribution in [0.5, 0.6) is 5.75 Å². The topological polar surface area (TPSA) is 83.2 Å². The first-order valence-electron chi connectivity index (χ1n) is 8.20. The molecule has 2 aromatic rings. The SMILES string of the molecule is CNC(=O)c1[nH]c(C(=O)NC(C)(C)C)cc1OC(C)c1ccccc1. The zero-order valence-corrected chi connectivity index (χ0v) is 15.3. The summed E-state index contributed by atoms with van der Waals surface area (Å²) in [6, 6.07) is 11.2. The number of hydrogen-bond acceptors (Lipinski definition) is 3. The maximum absolute atomic E-state index is 12.4. The van der Waals surface area contributed by atoms with E-state index in [9.17, 15) is 9.59 Å². The second-order valence-corrected chi connectivity index (χ2v) is 6.88. The van der Waals surface area contributed by atoms with Crippen molar-refractivity contribution in [1.82, 2.24) is 15.6 Å². The minimum atomic E-state index is -0.381. The van der Waals surface area contributed by atoms with E-state index in [0.29, 0.717) is 5.75 Å². The van der Waals surface area contributed by atoms with E-state index >= 15 is 0 Å². The second-order valence-electron chi connectivity index (χ2n) is 6.88. The standard InChI is InChI=1S/C19H25N3O3/c1-12(13-9-7-6-8-10-13)25-15-11-14(17(23)22-19(2,3)4)21-16(15)18(24)20-5/h6-12,21H,1-5H3,(H,20,24)(H,22,23). The van der Waals surface area contributed by atoms with Crippen molar-refractivity contribution >= 4 is 11.8 Å². The Labute approximate surface area is 148 Å². The lowest BCUT2D eigenvalue weighted by molar-refractivity contribution is 0.0914. The fourth-order valence-electron chi connectivity index (χ4n) is 2.34. The van der Waals surface area contributed by atoms with E-state index in [1.54, 1.807) is 6.07 Å². The summed E-state index contributed by atoms with van der Waals surface area (Å²) in [6.07, 6.45) is -0.265. The van der Waals surface area contributed by atoms with Gasteiger partial charge in [-0.05, 0) is 33.3 Å². The molecule has 0 bridgehead atoms. The van der Waals surface area contributed by atoms with E-state index in [0.717, 1.165) is 5.56 Å². The van der Waals surface area contributed by atoms with Crippen LogP contribution in [0.3, 0.4) is 0 Å². The van der Waals surface area contributed by atoms with Gasteiger partial charge < -0.3 is 20.4 Å².